The minimum Gasteiger partial charge on any atom is -0.303 e. The van der Waals surface area contributed by atoms with Gasteiger partial charge in [0.1, 0.15) is 11.6 Å². The lowest BCUT2D eigenvalue weighted by atomic mass is 9.87. The van der Waals surface area contributed by atoms with Gasteiger partial charge in [-0.25, -0.2) is 34.0 Å². The summed E-state index contributed by atoms with van der Waals surface area (Å²) in [6, 6.07) is 9.85. The normalized spacial score (nSPS) is 18.4. The van der Waals surface area contributed by atoms with Crippen LogP contribution in [0.15, 0.2) is 69.3 Å². The van der Waals surface area contributed by atoms with E-state index in [9.17, 15) is 34.0 Å². The van der Waals surface area contributed by atoms with E-state index in [1.807, 2.05) is 0 Å². The highest BCUT2D eigenvalue weighted by Gasteiger charge is 2.27. The van der Waals surface area contributed by atoms with Gasteiger partial charge in [0, 0.05) is 34.3 Å². The fraction of sp³-hybridized carbons (Fsp3) is 0.467. The van der Waals surface area contributed by atoms with Crippen LogP contribution < -0.4 is 0 Å². The van der Waals surface area contributed by atoms with Gasteiger partial charge in [0.25, 0.3) is 0 Å². The molecule has 0 N–H and O–H groups in total. The molecular formula is C30H37F2NO6S3. The lowest BCUT2D eigenvalue weighted by Crippen LogP contribution is -2.35. The van der Waals surface area contributed by atoms with Crippen molar-refractivity contribution in [1.29, 1.82) is 0 Å². The highest BCUT2D eigenvalue weighted by Crippen LogP contribution is 2.32. The third-order valence-electron chi connectivity index (χ3n) is 8.18. The minimum absolute atomic E-state index is 0.0300. The molecule has 0 aromatic heterocycles. The van der Waals surface area contributed by atoms with Gasteiger partial charge in [-0.15, -0.1) is 0 Å². The van der Waals surface area contributed by atoms with E-state index in [4.69, 9.17) is 0 Å². The molecule has 1 fully saturated rings. The van der Waals surface area contributed by atoms with Crippen LogP contribution in [0.1, 0.15) is 55.6 Å². The summed E-state index contributed by atoms with van der Waals surface area (Å²) in [6.45, 7) is 2.19. The van der Waals surface area contributed by atoms with Crippen molar-refractivity contribution in [2.24, 2.45) is 5.92 Å². The summed E-state index contributed by atoms with van der Waals surface area (Å²) < 4.78 is 101. The molecule has 1 aliphatic carbocycles. The van der Waals surface area contributed by atoms with Crippen molar-refractivity contribution in [2.45, 2.75) is 49.3 Å². The molecule has 2 aromatic carbocycles. The Morgan fingerprint density at radius 3 is 1.88 bits per heavy atom. The van der Waals surface area contributed by atoms with Crippen LogP contribution in [0.4, 0.5) is 8.78 Å². The maximum atomic E-state index is 14.1. The van der Waals surface area contributed by atoms with Gasteiger partial charge in [-0.3, -0.25) is 0 Å². The van der Waals surface area contributed by atoms with E-state index in [1.165, 1.54) is 36.4 Å². The number of nitrogens with zero attached hydrogens (tertiary/aromatic N) is 1. The van der Waals surface area contributed by atoms with Gasteiger partial charge in [0.15, 0.2) is 29.5 Å². The molecule has 0 bridgehead atoms. The van der Waals surface area contributed by atoms with Gasteiger partial charge in [-0.1, -0.05) is 12.1 Å². The largest absolute Gasteiger partial charge is 0.303 e. The Morgan fingerprint density at radius 2 is 1.36 bits per heavy atom. The molecular weight excluding hydrogens is 605 g/mol. The lowest BCUT2D eigenvalue weighted by molar-refractivity contribution is 0.178. The third-order valence-corrected chi connectivity index (χ3v) is 12.5. The summed E-state index contributed by atoms with van der Waals surface area (Å²) in [4.78, 5) is 2.98. The molecule has 1 atom stereocenters. The van der Waals surface area contributed by atoms with Gasteiger partial charge in [-0.2, -0.15) is 0 Å². The van der Waals surface area contributed by atoms with Crippen molar-refractivity contribution < 1.29 is 34.0 Å². The van der Waals surface area contributed by atoms with Crippen LogP contribution in [0, 0.1) is 17.6 Å². The fourth-order valence-corrected chi connectivity index (χ4v) is 8.69. The van der Waals surface area contributed by atoms with E-state index in [1.54, 1.807) is 12.1 Å². The van der Waals surface area contributed by atoms with Crippen molar-refractivity contribution >= 4 is 29.5 Å². The molecule has 2 aliphatic rings. The molecule has 1 heterocycles. The number of benzene rings is 2. The number of piperidine rings is 1. The number of likely N-dealkylation sites (tertiary alicyclic amines) is 1. The monoisotopic (exact) mass is 641 g/mol. The number of halogens is 2. The molecule has 12 heteroatoms. The van der Waals surface area contributed by atoms with Gasteiger partial charge in [0.05, 0.1) is 10.6 Å². The van der Waals surface area contributed by atoms with Gasteiger partial charge < -0.3 is 4.90 Å². The number of allylic oxidation sites excluding steroid dienone is 4. The summed E-state index contributed by atoms with van der Waals surface area (Å²) in [6.07, 6.45) is 8.23. The highest BCUT2D eigenvalue weighted by molar-refractivity contribution is 7.95. The standard InChI is InChI=1S/C30H37F2NO6S3/c1-40(34,35)27-5-3-23(4-6-27)30(24-19-25(31)21-26(32)20-24)13-17-33-15-11-22(12-16-33)14-18-42(38,39)29-9-7-28(8-10-29)41(2,36)37/h3-7,9,19-22,30H,8,10-18H2,1-2H3/t30-/m1/s1. The quantitative estimate of drug-likeness (QED) is 0.340. The van der Waals surface area contributed by atoms with E-state index >= 15 is 0 Å². The number of hydrogen-bond acceptors (Lipinski definition) is 7. The summed E-state index contributed by atoms with van der Waals surface area (Å²) >= 11 is 0. The number of sulfone groups is 3. The summed E-state index contributed by atoms with van der Waals surface area (Å²) in [7, 11) is -10.2. The molecule has 2 aromatic rings. The number of rotatable bonds is 11. The van der Waals surface area contributed by atoms with Crippen LogP contribution in [-0.4, -0.2) is 68.1 Å². The zero-order chi connectivity index (χ0) is 30.7. The van der Waals surface area contributed by atoms with E-state index in [-0.39, 0.29) is 45.1 Å². The Bertz CT molecular complexity index is 1650. The van der Waals surface area contributed by atoms with Crippen molar-refractivity contribution in [1.82, 2.24) is 4.90 Å². The minimum atomic E-state index is -3.46. The molecule has 1 saturated heterocycles. The first-order valence-corrected chi connectivity index (χ1v) is 19.4. The van der Waals surface area contributed by atoms with E-state index in [2.05, 4.69) is 4.90 Å². The topological polar surface area (TPSA) is 106 Å². The average molecular weight is 642 g/mol. The smallest absolute Gasteiger partial charge is 0.175 e. The second kappa shape index (κ2) is 13.1. The summed E-state index contributed by atoms with van der Waals surface area (Å²) in [5.74, 6) is -1.40. The van der Waals surface area contributed by atoms with Crippen molar-refractivity contribution in [3.8, 4) is 0 Å². The zero-order valence-corrected chi connectivity index (χ0v) is 26.2. The Hall–Kier alpha value is -2.41. The van der Waals surface area contributed by atoms with E-state index < -0.39 is 41.1 Å². The molecule has 4 rings (SSSR count). The second-order valence-corrected chi connectivity index (χ2v) is 17.6. The molecule has 1 aliphatic heterocycles. The van der Waals surface area contributed by atoms with Crippen LogP contribution in [-0.2, 0) is 29.5 Å². The summed E-state index contributed by atoms with van der Waals surface area (Å²) in [5, 5.41) is 0. The van der Waals surface area contributed by atoms with Crippen LogP contribution in [0.25, 0.3) is 0 Å². The molecule has 0 saturated carbocycles. The maximum Gasteiger partial charge on any atom is 0.175 e. The molecule has 42 heavy (non-hydrogen) atoms. The van der Waals surface area contributed by atoms with E-state index in [0.29, 0.717) is 24.9 Å². The Kier molecular flexibility index (Phi) is 10.1. The Labute approximate surface area is 248 Å². The lowest BCUT2D eigenvalue weighted by Gasteiger charge is -2.33. The maximum absolute atomic E-state index is 14.1. The number of hydrogen-bond donors (Lipinski definition) is 0. The SMILES string of the molecule is CS(=O)(=O)C1=CC=C(S(=O)(=O)CCC2CCN(CC[C@H](c3ccc(S(C)(=O)=O)cc3)c3cc(F)cc(F)c3)CC2)CC1. The van der Waals surface area contributed by atoms with E-state index in [0.717, 1.165) is 50.1 Å². The Balaban J connectivity index is 1.35. The highest BCUT2D eigenvalue weighted by atomic mass is 32.2. The van der Waals surface area contributed by atoms with Crippen molar-refractivity contribution in [3.63, 3.8) is 0 Å². The van der Waals surface area contributed by atoms with Gasteiger partial charge in [-0.05, 0) is 112 Å². The average Bonchev–Trinajstić information content (AvgIpc) is 2.92. The molecule has 0 radical (unpaired) electrons. The van der Waals surface area contributed by atoms with Crippen LogP contribution >= 0.6 is 0 Å². The van der Waals surface area contributed by atoms with Gasteiger partial charge >= 0.3 is 0 Å². The molecule has 0 amide bonds. The first-order valence-electron chi connectivity index (χ1n) is 13.9. The molecule has 0 spiro atoms. The molecule has 230 valence electrons. The first kappa shape index (κ1) is 32.5. The second-order valence-electron chi connectivity index (χ2n) is 11.3. The summed E-state index contributed by atoms with van der Waals surface area (Å²) in [5.41, 5.74) is 1.25. The Morgan fingerprint density at radius 1 is 0.786 bits per heavy atom. The van der Waals surface area contributed by atoms with Crippen molar-refractivity contribution in [3.05, 3.63) is 87.2 Å². The zero-order valence-electron chi connectivity index (χ0n) is 23.8. The predicted octanol–water partition coefficient (Wildman–Crippen LogP) is 5.01. The van der Waals surface area contributed by atoms with Crippen molar-refractivity contribution in [2.75, 3.05) is 37.9 Å². The van der Waals surface area contributed by atoms with Crippen LogP contribution in [0.3, 0.4) is 0 Å². The molecule has 7 nitrogen and oxygen atoms in total. The fourth-order valence-electron chi connectivity index (χ4n) is 5.68. The van der Waals surface area contributed by atoms with Crippen LogP contribution in [0.5, 0.6) is 0 Å². The molecule has 0 unspecified atom stereocenters. The predicted molar refractivity (Wildman–Crippen MR) is 160 cm³/mol. The first-order chi connectivity index (χ1) is 19.6. The van der Waals surface area contributed by atoms with Crippen LogP contribution in [0.2, 0.25) is 0 Å². The van der Waals surface area contributed by atoms with Gasteiger partial charge in [0.2, 0.25) is 0 Å². The third kappa shape index (κ3) is 8.58.